The molecule has 0 bridgehead atoms. The van der Waals surface area contributed by atoms with E-state index in [1.54, 1.807) is 0 Å². The monoisotopic (exact) mass is 384 g/mol. The number of benzene rings is 1. The fourth-order valence-electron chi connectivity index (χ4n) is 2.36. The van der Waals surface area contributed by atoms with Crippen molar-refractivity contribution < 1.29 is 38.7 Å². The van der Waals surface area contributed by atoms with Crippen molar-refractivity contribution in [2.24, 2.45) is 0 Å². The van der Waals surface area contributed by atoms with E-state index in [0.29, 0.717) is 18.1 Å². The van der Waals surface area contributed by atoms with Gasteiger partial charge < -0.3 is 24.2 Å². The molecule has 1 atom stereocenters. The molecule has 1 fully saturated rings. The molecule has 27 heavy (non-hydrogen) atoms. The summed E-state index contributed by atoms with van der Waals surface area (Å²) in [4.78, 5) is 38.5. The van der Waals surface area contributed by atoms with Crippen LogP contribution >= 0.6 is 0 Å². The quantitative estimate of drug-likeness (QED) is 0.404. The minimum Gasteiger partial charge on any atom is -0.493 e. The zero-order valence-electron chi connectivity index (χ0n) is 14.9. The van der Waals surface area contributed by atoms with Crippen LogP contribution in [-0.2, 0) is 21.0 Å². The number of methoxy groups -OCH3 is 1. The van der Waals surface area contributed by atoms with Crippen molar-refractivity contribution in [1.82, 2.24) is 5.06 Å². The molecule has 0 radical (unpaired) electrons. The summed E-state index contributed by atoms with van der Waals surface area (Å²) < 4.78 is 15.4. The molecular formula is C16H20N2O9. The molecule has 1 unspecified atom stereocenters. The lowest BCUT2D eigenvalue weighted by atomic mass is 10.1. The molecule has 11 heteroatoms. The Kier molecular flexibility index (Phi) is 6.77. The van der Waals surface area contributed by atoms with E-state index in [1.165, 1.54) is 19.2 Å². The summed E-state index contributed by atoms with van der Waals surface area (Å²) in [5.41, 5.74) is -0.280. The van der Waals surface area contributed by atoms with Crippen molar-refractivity contribution in [2.45, 2.75) is 39.0 Å². The number of aliphatic hydroxyl groups excluding tert-OH is 1. The van der Waals surface area contributed by atoms with Crippen molar-refractivity contribution in [2.75, 3.05) is 13.7 Å². The van der Waals surface area contributed by atoms with Gasteiger partial charge in [-0.05, 0) is 12.5 Å². The number of amides is 1. The van der Waals surface area contributed by atoms with Gasteiger partial charge in [0, 0.05) is 12.8 Å². The largest absolute Gasteiger partial charge is 0.533 e. The number of ether oxygens (including phenoxy) is 3. The molecule has 2 rings (SSSR count). The topological polar surface area (TPSA) is 138 Å². The van der Waals surface area contributed by atoms with E-state index in [-0.39, 0.29) is 35.6 Å². The number of hydrogen-bond donors (Lipinski definition) is 1. The van der Waals surface area contributed by atoms with Gasteiger partial charge in [0.15, 0.2) is 17.7 Å². The molecule has 1 aromatic rings. The third-order valence-corrected chi connectivity index (χ3v) is 3.67. The second-order valence-electron chi connectivity index (χ2n) is 5.61. The van der Waals surface area contributed by atoms with E-state index in [9.17, 15) is 24.8 Å². The number of hydroxylamine groups is 2. The number of nitro groups is 1. The zero-order chi connectivity index (χ0) is 20.0. The van der Waals surface area contributed by atoms with E-state index in [1.807, 2.05) is 6.92 Å². The van der Waals surface area contributed by atoms with Crippen LogP contribution in [0.2, 0.25) is 0 Å². The maximum Gasteiger partial charge on any atom is 0.533 e. The van der Waals surface area contributed by atoms with Gasteiger partial charge in [-0.3, -0.25) is 14.9 Å². The molecule has 1 aromatic carbocycles. The third kappa shape index (κ3) is 4.97. The van der Waals surface area contributed by atoms with E-state index in [4.69, 9.17) is 14.2 Å². The van der Waals surface area contributed by atoms with Gasteiger partial charge in [-0.15, -0.1) is 5.06 Å². The van der Waals surface area contributed by atoms with Gasteiger partial charge in [0.1, 0.15) is 6.61 Å². The number of rotatable bonds is 8. The Labute approximate surface area is 154 Å². The number of aliphatic hydroxyl groups is 1. The Bertz CT molecular complexity index is 722. The molecule has 1 aliphatic heterocycles. The maximum atomic E-state index is 11.7. The van der Waals surface area contributed by atoms with Crippen molar-refractivity contribution in [3.63, 3.8) is 0 Å². The van der Waals surface area contributed by atoms with Crippen LogP contribution in [0.5, 0.6) is 11.5 Å². The number of carbonyl (C=O) groups excluding carboxylic acids is 2. The summed E-state index contributed by atoms with van der Waals surface area (Å²) in [7, 11) is 1.37. The molecule has 0 aliphatic carbocycles. The lowest BCUT2D eigenvalue weighted by Gasteiger charge is -2.18. The van der Waals surface area contributed by atoms with Gasteiger partial charge in [0.05, 0.1) is 30.3 Å². The van der Waals surface area contributed by atoms with Gasteiger partial charge in [0.2, 0.25) is 0 Å². The van der Waals surface area contributed by atoms with Crippen LogP contribution in [0.4, 0.5) is 10.5 Å². The summed E-state index contributed by atoms with van der Waals surface area (Å²) in [6.07, 6.45) is -1.64. The second-order valence-corrected chi connectivity index (χ2v) is 5.61. The smallest absolute Gasteiger partial charge is 0.493 e. The van der Waals surface area contributed by atoms with Crippen LogP contribution in [0.3, 0.4) is 0 Å². The Balaban J connectivity index is 2.11. The first kappa shape index (κ1) is 20.2. The summed E-state index contributed by atoms with van der Waals surface area (Å²) >= 11 is 0. The number of hydrogen-bond acceptors (Lipinski definition) is 9. The van der Waals surface area contributed by atoms with Crippen molar-refractivity contribution in [1.29, 1.82) is 0 Å². The summed E-state index contributed by atoms with van der Waals surface area (Å²) in [6.45, 7) is 1.73. The summed E-state index contributed by atoms with van der Waals surface area (Å²) in [5.74, 6) is -0.126. The summed E-state index contributed by atoms with van der Waals surface area (Å²) in [5, 5.41) is 21.4. The Morgan fingerprint density at radius 3 is 2.70 bits per heavy atom. The highest BCUT2D eigenvalue weighted by Crippen LogP contribution is 2.35. The van der Waals surface area contributed by atoms with Gasteiger partial charge in [0.25, 0.3) is 11.6 Å². The SMILES string of the molecule is CCCOc1cc([N+](=O)[O-])c(COC(=O)ON2C(=O)CCC2O)cc1OC. The standard InChI is InChI=1S/C16H20N2O9/c1-3-6-25-13-8-11(18(22)23)10(7-12(13)24-2)9-26-16(21)27-17-14(19)4-5-15(17)20/h7-8,14,19H,3-6,9H2,1-2H3. The first-order chi connectivity index (χ1) is 12.9. The van der Waals surface area contributed by atoms with Gasteiger partial charge in [-0.1, -0.05) is 6.92 Å². The lowest BCUT2D eigenvalue weighted by Crippen LogP contribution is -2.35. The summed E-state index contributed by atoms with van der Waals surface area (Å²) in [6, 6.07) is 2.51. The van der Waals surface area contributed by atoms with Crippen molar-refractivity contribution in [3.8, 4) is 11.5 Å². The molecule has 0 aromatic heterocycles. The molecule has 1 aliphatic rings. The van der Waals surface area contributed by atoms with Crippen LogP contribution in [0.15, 0.2) is 12.1 Å². The molecule has 1 amide bonds. The van der Waals surface area contributed by atoms with Crippen LogP contribution in [0.1, 0.15) is 31.7 Å². The Morgan fingerprint density at radius 2 is 2.15 bits per heavy atom. The maximum absolute atomic E-state index is 11.7. The molecule has 0 saturated carbocycles. The molecule has 1 saturated heterocycles. The van der Waals surface area contributed by atoms with Crippen LogP contribution in [0.25, 0.3) is 0 Å². The normalized spacial score (nSPS) is 16.2. The van der Waals surface area contributed by atoms with E-state index in [2.05, 4.69) is 4.84 Å². The average Bonchev–Trinajstić information content (AvgIpc) is 2.96. The first-order valence-electron chi connectivity index (χ1n) is 8.20. The minimum atomic E-state index is -1.27. The molecular weight excluding hydrogens is 364 g/mol. The predicted octanol–water partition coefficient (Wildman–Crippen LogP) is 1.90. The fourth-order valence-corrected chi connectivity index (χ4v) is 2.36. The van der Waals surface area contributed by atoms with Crippen molar-refractivity contribution >= 4 is 17.7 Å². The zero-order valence-corrected chi connectivity index (χ0v) is 14.9. The lowest BCUT2D eigenvalue weighted by molar-refractivity contribution is -0.386. The van der Waals surface area contributed by atoms with Crippen molar-refractivity contribution in [3.05, 3.63) is 27.8 Å². The molecule has 1 N–H and O–H groups in total. The first-order valence-corrected chi connectivity index (χ1v) is 8.20. The van der Waals surface area contributed by atoms with Gasteiger partial charge >= 0.3 is 6.16 Å². The fraction of sp³-hybridized carbons (Fsp3) is 0.500. The average molecular weight is 384 g/mol. The molecule has 148 valence electrons. The number of nitrogens with zero attached hydrogens (tertiary/aromatic N) is 2. The number of nitro benzene ring substituents is 1. The van der Waals surface area contributed by atoms with E-state index in [0.717, 1.165) is 0 Å². The third-order valence-electron chi connectivity index (χ3n) is 3.67. The minimum absolute atomic E-state index is 0.0380. The second kappa shape index (κ2) is 9.03. The van der Waals surface area contributed by atoms with E-state index >= 15 is 0 Å². The van der Waals surface area contributed by atoms with Gasteiger partial charge in [-0.25, -0.2) is 4.79 Å². The molecule has 0 spiro atoms. The highest BCUT2D eigenvalue weighted by Gasteiger charge is 2.33. The van der Waals surface area contributed by atoms with Crippen LogP contribution < -0.4 is 9.47 Å². The highest BCUT2D eigenvalue weighted by molar-refractivity contribution is 5.78. The Morgan fingerprint density at radius 1 is 1.41 bits per heavy atom. The van der Waals surface area contributed by atoms with E-state index < -0.39 is 29.8 Å². The highest BCUT2D eigenvalue weighted by atomic mass is 16.8. The molecule has 1 heterocycles. The number of carbonyl (C=O) groups is 2. The van der Waals surface area contributed by atoms with Crippen LogP contribution in [0, 0.1) is 10.1 Å². The molecule has 11 nitrogen and oxygen atoms in total. The van der Waals surface area contributed by atoms with Gasteiger partial charge in [-0.2, -0.15) is 0 Å². The Hall–Kier alpha value is -3.08. The van der Waals surface area contributed by atoms with Crippen LogP contribution in [-0.4, -0.2) is 47.1 Å². The predicted molar refractivity (Wildman–Crippen MR) is 88.8 cm³/mol.